The number of nitrogens with zero attached hydrogens (tertiary/aromatic N) is 3. The van der Waals surface area contributed by atoms with E-state index in [2.05, 4.69) is 15.1 Å². The fourth-order valence-corrected chi connectivity index (χ4v) is 4.08. The summed E-state index contributed by atoms with van der Waals surface area (Å²) in [5, 5.41) is 4.10. The van der Waals surface area contributed by atoms with Gasteiger partial charge in [-0.05, 0) is 45.2 Å². The summed E-state index contributed by atoms with van der Waals surface area (Å²) >= 11 is 0. The number of rotatable bonds is 8. The fourth-order valence-electron chi connectivity index (χ4n) is 4.08. The summed E-state index contributed by atoms with van der Waals surface area (Å²) in [6, 6.07) is 3.51. The van der Waals surface area contributed by atoms with E-state index in [1.165, 1.54) is 38.5 Å². The van der Waals surface area contributed by atoms with E-state index in [4.69, 9.17) is 15.0 Å². The minimum absolute atomic E-state index is 0.147. The van der Waals surface area contributed by atoms with Crippen molar-refractivity contribution in [1.29, 1.82) is 0 Å². The second kappa shape index (κ2) is 10.0. The highest BCUT2D eigenvalue weighted by molar-refractivity contribution is 5.70. The monoisotopic (exact) mass is 414 g/mol. The highest BCUT2D eigenvalue weighted by Crippen LogP contribution is 2.32. The zero-order valence-corrected chi connectivity index (χ0v) is 18.4. The average Bonchev–Trinajstić information content (AvgIpc) is 3.17. The Labute approximate surface area is 178 Å². The molecule has 7 heteroatoms. The van der Waals surface area contributed by atoms with Gasteiger partial charge in [-0.25, -0.2) is 4.98 Å². The van der Waals surface area contributed by atoms with E-state index in [-0.39, 0.29) is 18.3 Å². The predicted octanol–water partition coefficient (Wildman–Crippen LogP) is 5.28. The lowest BCUT2D eigenvalue weighted by Gasteiger charge is -2.23. The molecule has 2 N–H and O–H groups in total. The quantitative estimate of drug-likeness (QED) is 0.586. The molecule has 0 spiro atoms. The van der Waals surface area contributed by atoms with Crippen LogP contribution in [0.5, 0.6) is 0 Å². The zero-order valence-electron chi connectivity index (χ0n) is 18.4. The molecule has 1 fully saturated rings. The standard InChI is InChI=1S/C23H34N4O3/c1-23(2,3)29-20(28)14-17(11-7-10-16-8-5-4-6-9-16)22-26-21(27-30-22)18-12-13-19(24)25-15-18/h12-13,15-17H,4-11,14H2,1-3H3,(H2,24,25)/t17-/m0/s1. The van der Waals surface area contributed by atoms with Crippen LogP contribution in [0.2, 0.25) is 0 Å². The van der Waals surface area contributed by atoms with Crippen LogP contribution in [0.4, 0.5) is 5.82 Å². The largest absolute Gasteiger partial charge is 0.460 e. The maximum atomic E-state index is 12.5. The van der Waals surface area contributed by atoms with Gasteiger partial charge in [-0.3, -0.25) is 4.79 Å². The molecule has 0 aliphatic heterocycles. The Morgan fingerprint density at radius 2 is 2.03 bits per heavy atom. The molecule has 1 aliphatic carbocycles. The van der Waals surface area contributed by atoms with E-state index in [1.54, 1.807) is 12.3 Å². The SMILES string of the molecule is CC(C)(C)OC(=O)C[C@H](CCCC1CCCCC1)c1nc(-c2ccc(N)nc2)no1. The topological polar surface area (TPSA) is 104 Å². The van der Waals surface area contributed by atoms with Crippen molar-refractivity contribution in [2.45, 2.75) is 90.1 Å². The third-order valence-corrected chi connectivity index (χ3v) is 5.56. The average molecular weight is 415 g/mol. The third kappa shape index (κ3) is 6.82. The molecule has 1 saturated carbocycles. The van der Waals surface area contributed by atoms with Crippen LogP contribution in [0.1, 0.15) is 90.4 Å². The van der Waals surface area contributed by atoms with E-state index in [1.807, 2.05) is 26.8 Å². The molecule has 2 aromatic rings. The van der Waals surface area contributed by atoms with Crippen molar-refractivity contribution in [2.75, 3.05) is 5.73 Å². The normalized spacial score (nSPS) is 16.4. The number of carbonyl (C=O) groups excluding carboxylic acids is 1. The fraction of sp³-hybridized carbons (Fsp3) is 0.652. The molecule has 2 heterocycles. The minimum Gasteiger partial charge on any atom is -0.460 e. The molecule has 1 atom stereocenters. The molecule has 0 amide bonds. The third-order valence-electron chi connectivity index (χ3n) is 5.56. The van der Waals surface area contributed by atoms with Crippen molar-refractivity contribution < 1.29 is 14.1 Å². The van der Waals surface area contributed by atoms with Crippen molar-refractivity contribution in [3.63, 3.8) is 0 Å². The number of ether oxygens (including phenoxy) is 1. The molecule has 1 aliphatic rings. The summed E-state index contributed by atoms with van der Waals surface area (Å²) in [5.41, 5.74) is 5.87. The number of anilines is 1. The Balaban J connectivity index is 1.67. The Morgan fingerprint density at radius 1 is 1.27 bits per heavy atom. The second-order valence-corrected chi connectivity index (χ2v) is 9.35. The van der Waals surface area contributed by atoms with Crippen molar-refractivity contribution >= 4 is 11.8 Å². The number of aromatic nitrogens is 3. The number of pyridine rings is 1. The van der Waals surface area contributed by atoms with E-state index >= 15 is 0 Å². The van der Waals surface area contributed by atoms with Gasteiger partial charge >= 0.3 is 5.97 Å². The van der Waals surface area contributed by atoms with Crippen LogP contribution < -0.4 is 5.73 Å². The summed E-state index contributed by atoms with van der Waals surface area (Å²) < 4.78 is 11.1. The lowest BCUT2D eigenvalue weighted by Crippen LogP contribution is -2.25. The van der Waals surface area contributed by atoms with E-state index in [0.29, 0.717) is 17.5 Å². The van der Waals surface area contributed by atoms with Gasteiger partial charge < -0.3 is 15.0 Å². The number of nitrogen functional groups attached to an aromatic ring is 1. The highest BCUT2D eigenvalue weighted by Gasteiger charge is 2.26. The Morgan fingerprint density at radius 3 is 2.70 bits per heavy atom. The molecular formula is C23H34N4O3. The maximum Gasteiger partial charge on any atom is 0.307 e. The van der Waals surface area contributed by atoms with E-state index in [9.17, 15) is 4.79 Å². The first-order chi connectivity index (χ1) is 14.3. The molecule has 164 valence electrons. The smallest absolute Gasteiger partial charge is 0.307 e. The predicted molar refractivity (Wildman–Crippen MR) is 116 cm³/mol. The second-order valence-electron chi connectivity index (χ2n) is 9.35. The van der Waals surface area contributed by atoms with Gasteiger partial charge in [0.25, 0.3) is 0 Å². The Bertz CT molecular complexity index is 805. The molecule has 0 aromatic carbocycles. The van der Waals surface area contributed by atoms with Crippen LogP contribution in [-0.2, 0) is 9.53 Å². The van der Waals surface area contributed by atoms with Gasteiger partial charge in [0.1, 0.15) is 11.4 Å². The van der Waals surface area contributed by atoms with Crippen LogP contribution in [0.3, 0.4) is 0 Å². The van der Waals surface area contributed by atoms with Crippen LogP contribution in [0, 0.1) is 5.92 Å². The lowest BCUT2D eigenvalue weighted by atomic mass is 9.84. The van der Waals surface area contributed by atoms with Gasteiger partial charge in [0.15, 0.2) is 0 Å². The summed E-state index contributed by atoms with van der Waals surface area (Å²) in [6.45, 7) is 5.63. The summed E-state index contributed by atoms with van der Waals surface area (Å²) in [4.78, 5) is 21.1. The summed E-state index contributed by atoms with van der Waals surface area (Å²) in [6.07, 6.45) is 11.6. The molecule has 30 heavy (non-hydrogen) atoms. The zero-order chi connectivity index (χ0) is 21.6. The molecule has 7 nitrogen and oxygen atoms in total. The molecule has 3 rings (SSSR count). The van der Waals surface area contributed by atoms with Crippen molar-refractivity contribution in [3.05, 3.63) is 24.2 Å². The number of esters is 1. The van der Waals surface area contributed by atoms with Gasteiger partial charge in [0.05, 0.1) is 6.42 Å². The molecule has 2 aromatic heterocycles. The van der Waals surface area contributed by atoms with Gasteiger partial charge in [-0.2, -0.15) is 4.98 Å². The van der Waals surface area contributed by atoms with Gasteiger partial charge in [0, 0.05) is 17.7 Å². The van der Waals surface area contributed by atoms with Crippen LogP contribution in [0.15, 0.2) is 22.9 Å². The van der Waals surface area contributed by atoms with Gasteiger partial charge in [-0.15, -0.1) is 0 Å². The first-order valence-corrected chi connectivity index (χ1v) is 11.1. The van der Waals surface area contributed by atoms with E-state index < -0.39 is 5.60 Å². The minimum atomic E-state index is -0.515. The summed E-state index contributed by atoms with van der Waals surface area (Å²) in [7, 11) is 0. The number of hydrogen-bond donors (Lipinski definition) is 1. The number of carbonyl (C=O) groups is 1. The molecule has 0 saturated heterocycles. The lowest BCUT2D eigenvalue weighted by molar-refractivity contribution is -0.155. The Hall–Kier alpha value is -2.44. The van der Waals surface area contributed by atoms with Crippen molar-refractivity contribution in [2.24, 2.45) is 5.92 Å². The first-order valence-electron chi connectivity index (χ1n) is 11.1. The molecular weight excluding hydrogens is 380 g/mol. The van der Waals surface area contributed by atoms with Gasteiger partial charge in [0.2, 0.25) is 11.7 Å². The van der Waals surface area contributed by atoms with Crippen LogP contribution >= 0.6 is 0 Å². The van der Waals surface area contributed by atoms with Crippen molar-refractivity contribution in [1.82, 2.24) is 15.1 Å². The molecule has 0 unspecified atom stereocenters. The number of nitrogens with two attached hydrogens (primary N) is 1. The molecule has 0 bridgehead atoms. The maximum absolute atomic E-state index is 12.5. The molecule has 0 radical (unpaired) electrons. The van der Waals surface area contributed by atoms with Crippen LogP contribution in [-0.4, -0.2) is 26.7 Å². The number of hydrogen-bond acceptors (Lipinski definition) is 7. The first kappa shape index (κ1) is 22.2. The van der Waals surface area contributed by atoms with Gasteiger partial charge in [-0.1, -0.05) is 50.1 Å². The summed E-state index contributed by atoms with van der Waals surface area (Å²) in [5.74, 6) is 1.80. The van der Waals surface area contributed by atoms with E-state index in [0.717, 1.165) is 24.3 Å². The van der Waals surface area contributed by atoms with Crippen LogP contribution in [0.25, 0.3) is 11.4 Å². The highest BCUT2D eigenvalue weighted by atomic mass is 16.6. The van der Waals surface area contributed by atoms with Crippen molar-refractivity contribution in [3.8, 4) is 11.4 Å². The Kier molecular flexibility index (Phi) is 7.45.